The lowest BCUT2D eigenvalue weighted by molar-refractivity contribution is -0.116. The second kappa shape index (κ2) is 4.77. The van der Waals surface area contributed by atoms with Crippen molar-refractivity contribution in [1.82, 2.24) is 5.32 Å². The van der Waals surface area contributed by atoms with Crippen molar-refractivity contribution in [1.29, 1.82) is 0 Å². The van der Waals surface area contributed by atoms with Gasteiger partial charge in [-0.2, -0.15) is 0 Å². The van der Waals surface area contributed by atoms with E-state index in [1.807, 2.05) is 5.32 Å². The van der Waals surface area contributed by atoms with Gasteiger partial charge >= 0.3 is 6.09 Å². The number of nitrogens with one attached hydrogen (secondary N) is 1. The van der Waals surface area contributed by atoms with Gasteiger partial charge in [0.25, 0.3) is 5.91 Å². The van der Waals surface area contributed by atoms with Crippen molar-refractivity contribution < 1.29 is 14.3 Å². The van der Waals surface area contributed by atoms with Crippen LogP contribution in [-0.2, 0) is 16.0 Å². The zero-order valence-electron chi connectivity index (χ0n) is 8.50. The molecule has 1 saturated heterocycles. The maximum Gasteiger partial charge on any atom is 0.419 e. The van der Waals surface area contributed by atoms with E-state index in [2.05, 4.69) is 4.74 Å². The molecule has 1 fully saturated rings. The lowest BCUT2D eigenvalue weighted by atomic mass is 10.1. The molecular weight excluding hydrogens is 265 g/mol. The van der Waals surface area contributed by atoms with E-state index in [0.29, 0.717) is 16.5 Å². The highest BCUT2D eigenvalue weighted by molar-refractivity contribution is 6.42. The number of alkyl carbamates (subject to hydrolysis) is 1. The maximum absolute atomic E-state index is 11.2. The number of benzene rings is 1. The molecular formula is C11H7Cl2NO3. The first-order valence-corrected chi connectivity index (χ1v) is 5.49. The highest BCUT2D eigenvalue weighted by Crippen LogP contribution is 2.23. The third-order valence-corrected chi connectivity index (χ3v) is 2.89. The van der Waals surface area contributed by atoms with Crippen LogP contribution in [0.4, 0.5) is 4.79 Å². The number of halogens is 2. The molecule has 0 unspecified atom stereocenters. The second-order valence-corrected chi connectivity index (χ2v) is 4.18. The quantitative estimate of drug-likeness (QED) is 0.842. The van der Waals surface area contributed by atoms with Crippen LogP contribution in [0.25, 0.3) is 0 Å². The lowest BCUT2D eigenvalue weighted by Gasteiger charge is -2.00. The minimum atomic E-state index is -0.754. The van der Waals surface area contributed by atoms with Crippen LogP contribution in [0.1, 0.15) is 5.56 Å². The Bertz CT molecular complexity index is 525. The molecule has 17 heavy (non-hydrogen) atoms. The predicted octanol–water partition coefficient (Wildman–Crippen LogP) is 2.69. The van der Waals surface area contributed by atoms with Gasteiger partial charge in [0, 0.05) is 0 Å². The molecule has 4 nitrogen and oxygen atoms in total. The molecule has 2 rings (SSSR count). The SMILES string of the molecule is O=C1NC(=O)C(=CCc2ccc(Cl)c(Cl)c2)O1. The Hall–Kier alpha value is -1.52. The summed E-state index contributed by atoms with van der Waals surface area (Å²) in [6.07, 6.45) is 1.18. The van der Waals surface area contributed by atoms with Gasteiger partial charge in [-0.1, -0.05) is 29.3 Å². The number of hydrogen-bond donors (Lipinski definition) is 1. The molecule has 0 aliphatic carbocycles. The minimum Gasteiger partial charge on any atom is -0.404 e. The largest absolute Gasteiger partial charge is 0.419 e. The third-order valence-electron chi connectivity index (χ3n) is 2.15. The fourth-order valence-electron chi connectivity index (χ4n) is 1.34. The van der Waals surface area contributed by atoms with Crippen LogP contribution >= 0.6 is 23.2 Å². The summed E-state index contributed by atoms with van der Waals surface area (Å²) in [6.45, 7) is 0. The number of cyclic esters (lactones) is 1. The van der Waals surface area contributed by atoms with Crippen LogP contribution in [0.5, 0.6) is 0 Å². The Morgan fingerprint density at radius 3 is 2.59 bits per heavy atom. The van der Waals surface area contributed by atoms with Crippen molar-refractivity contribution >= 4 is 35.2 Å². The molecule has 0 spiro atoms. The van der Waals surface area contributed by atoms with Gasteiger partial charge in [0.1, 0.15) is 0 Å². The van der Waals surface area contributed by atoms with Crippen molar-refractivity contribution in [2.45, 2.75) is 6.42 Å². The molecule has 1 aliphatic rings. The number of allylic oxidation sites excluding steroid dienone is 1. The fourth-order valence-corrected chi connectivity index (χ4v) is 1.66. The molecule has 1 heterocycles. The van der Waals surface area contributed by atoms with Gasteiger partial charge < -0.3 is 4.74 Å². The summed E-state index contributed by atoms with van der Waals surface area (Å²) in [5.41, 5.74) is 0.864. The van der Waals surface area contributed by atoms with Crippen LogP contribution < -0.4 is 5.32 Å². The topological polar surface area (TPSA) is 55.4 Å². The second-order valence-electron chi connectivity index (χ2n) is 3.36. The van der Waals surface area contributed by atoms with Crippen molar-refractivity contribution in [3.05, 3.63) is 45.6 Å². The summed E-state index contributed by atoms with van der Waals surface area (Å²) in [7, 11) is 0. The molecule has 1 aromatic carbocycles. The van der Waals surface area contributed by atoms with Crippen molar-refractivity contribution in [2.75, 3.05) is 0 Å². The molecule has 1 aromatic rings. The van der Waals surface area contributed by atoms with Crippen molar-refractivity contribution in [3.63, 3.8) is 0 Å². The molecule has 1 aliphatic heterocycles. The van der Waals surface area contributed by atoms with Gasteiger partial charge in [0.15, 0.2) is 5.76 Å². The van der Waals surface area contributed by atoms with Gasteiger partial charge in [-0.3, -0.25) is 10.1 Å². The number of amides is 2. The van der Waals surface area contributed by atoms with Gasteiger partial charge in [0.05, 0.1) is 10.0 Å². The summed E-state index contributed by atoms with van der Waals surface area (Å²) in [5, 5.41) is 2.91. The van der Waals surface area contributed by atoms with Gasteiger partial charge in [-0.15, -0.1) is 0 Å². The highest BCUT2D eigenvalue weighted by Gasteiger charge is 2.25. The summed E-state index contributed by atoms with van der Waals surface area (Å²) < 4.78 is 4.65. The van der Waals surface area contributed by atoms with E-state index in [0.717, 1.165) is 5.56 Å². The maximum atomic E-state index is 11.2. The van der Waals surface area contributed by atoms with E-state index in [1.54, 1.807) is 18.2 Å². The summed E-state index contributed by atoms with van der Waals surface area (Å²) in [4.78, 5) is 21.9. The Kier molecular flexibility index (Phi) is 3.36. The normalized spacial score (nSPS) is 17.2. The zero-order valence-corrected chi connectivity index (χ0v) is 10.0. The Morgan fingerprint density at radius 1 is 1.24 bits per heavy atom. The molecule has 2 amide bonds. The minimum absolute atomic E-state index is 0.000993. The number of imide groups is 1. The standard InChI is InChI=1S/C11H7Cl2NO3/c12-7-3-1-6(5-8(7)13)2-4-9-10(15)14-11(16)17-9/h1,3-5H,2H2,(H,14,15,16). The number of rotatable bonds is 2. The molecule has 6 heteroatoms. The van der Waals surface area contributed by atoms with Crippen LogP contribution in [0.15, 0.2) is 30.0 Å². The van der Waals surface area contributed by atoms with E-state index in [1.165, 1.54) is 6.08 Å². The molecule has 88 valence electrons. The summed E-state index contributed by atoms with van der Waals surface area (Å²) in [6, 6.07) is 5.13. The number of ether oxygens (including phenoxy) is 1. The Labute approximate surface area is 107 Å². The Morgan fingerprint density at radius 2 is 2.00 bits per heavy atom. The number of carbonyl (C=O) groups is 2. The summed E-state index contributed by atoms with van der Waals surface area (Å²) >= 11 is 11.6. The monoisotopic (exact) mass is 271 g/mol. The van der Waals surface area contributed by atoms with Crippen molar-refractivity contribution in [3.8, 4) is 0 Å². The van der Waals surface area contributed by atoms with Crippen LogP contribution in [0.2, 0.25) is 10.0 Å². The third kappa shape index (κ3) is 2.78. The first kappa shape index (κ1) is 12.0. The first-order valence-electron chi connectivity index (χ1n) is 4.73. The zero-order chi connectivity index (χ0) is 12.4. The molecule has 1 N–H and O–H groups in total. The summed E-state index contributed by atoms with van der Waals surface area (Å²) in [5.74, 6) is -0.531. The van der Waals surface area contributed by atoms with E-state index < -0.39 is 12.0 Å². The van der Waals surface area contributed by atoms with Gasteiger partial charge in [0.2, 0.25) is 0 Å². The Balaban J connectivity index is 2.12. The first-order chi connectivity index (χ1) is 8.06. The number of hydrogen-bond acceptors (Lipinski definition) is 3. The average molecular weight is 272 g/mol. The van der Waals surface area contributed by atoms with Crippen molar-refractivity contribution in [2.24, 2.45) is 0 Å². The highest BCUT2D eigenvalue weighted by atomic mass is 35.5. The predicted molar refractivity (Wildman–Crippen MR) is 62.9 cm³/mol. The molecule has 0 aromatic heterocycles. The van der Waals surface area contributed by atoms with E-state index in [-0.39, 0.29) is 5.76 Å². The van der Waals surface area contributed by atoms with Crippen LogP contribution in [0.3, 0.4) is 0 Å². The molecule has 0 saturated carbocycles. The lowest BCUT2D eigenvalue weighted by Crippen LogP contribution is -2.18. The van der Waals surface area contributed by atoms with Crippen LogP contribution in [-0.4, -0.2) is 12.0 Å². The van der Waals surface area contributed by atoms with E-state index in [4.69, 9.17) is 23.2 Å². The molecule has 0 bridgehead atoms. The van der Waals surface area contributed by atoms with E-state index >= 15 is 0 Å². The van der Waals surface area contributed by atoms with Crippen LogP contribution in [0, 0.1) is 0 Å². The van der Waals surface area contributed by atoms with Gasteiger partial charge in [-0.05, 0) is 30.2 Å². The average Bonchev–Trinajstić information content (AvgIpc) is 2.59. The van der Waals surface area contributed by atoms with Gasteiger partial charge in [-0.25, -0.2) is 4.79 Å². The number of carbonyl (C=O) groups excluding carboxylic acids is 2. The fraction of sp³-hybridized carbons (Fsp3) is 0.0909. The molecule has 0 atom stereocenters. The van der Waals surface area contributed by atoms with E-state index in [9.17, 15) is 9.59 Å². The smallest absolute Gasteiger partial charge is 0.404 e. The molecule has 0 radical (unpaired) electrons.